The Hall–Kier alpha value is -0.500. The molecule has 0 N–H and O–H groups in total. The van der Waals surface area contributed by atoms with Gasteiger partial charge in [0.15, 0.2) is 0 Å². The first-order valence-corrected chi connectivity index (χ1v) is 6.56. The molecule has 0 spiro atoms. The van der Waals surface area contributed by atoms with Crippen LogP contribution in [0.15, 0.2) is 28.7 Å². The Balaban J connectivity index is 1.95. The van der Waals surface area contributed by atoms with Crippen molar-refractivity contribution in [1.29, 1.82) is 0 Å². The first kappa shape index (κ1) is 11.0. The maximum atomic E-state index is 5.99. The second-order valence-corrected chi connectivity index (χ2v) is 5.10. The second kappa shape index (κ2) is 5.55. The summed E-state index contributed by atoms with van der Waals surface area (Å²) in [4.78, 5) is 0. The molecule has 0 aliphatic heterocycles. The van der Waals surface area contributed by atoms with Crippen molar-refractivity contribution in [1.82, 2.24) is 0 Å². The molecule has 1 aliphatic carbocycles. The number of halogens is 1. The fraction of sp³-hybridized carbons (Fsp3) is 0.538. The van der Waals surface area contributed by atoms with Gasteiger partial charge in [-0.15, -0.1) is 0 Å². The van der Waals surface area contributed by atoms with Crippen molar-refractivity contribution in [2.45, 2.75) is 44.6 Å². The van der Waals surface area contributed by atoms with Gasteiger partial charge in [-0.2, -0.15) is 0 Å². The first-order chi connectivity index (χ1) is 7.34. The van der Waals surface area contributed by atoms with Gasteiger partial charge in [0.1, 0.15) is 5.75 Å². The Labute approximate surface area is 100.0 Å². The van der Waals surface area contributed by atoms with Crippen molar-refractivity contribution >= 4 is 15.9 Å². The van der Waals surface area contributed by atoms with Gasteiger partial charge in [0.05, 0.1) is 6.10 Å². The number of benzene rings is 1. The van der Waals surface area contributed by atoms with Gasteiger partial charge in [-0.25, -0.2) is 0 Å². The molecule has 1 aromatic carbocycles. The highest BCUT2D eigenvalue weighted by Crippen LogP contribution is 2.24. The standard InChI is InChI=1S/C13H17BrO/c14-11-6-5-9-13(10-11)15-12-7-3-1-2-4-8-12/h5-6,9-10,12H,1-4,7-8H2. The highest BCUT2D eigenvalue weighted by molar-refractivity contribution is 9.10. The molecular formula is C13H17BrO. The van der Waals surface area contributed by atoms with Crippen LogP contribution in [0.3, 0.4) is 0 Å². The topological polar surface area (TPSA) is 9.23 Å². The van der Waals surface area contributed by atoms with Crippen molar-refractivity contribution in [3.05, 3.63) is 28.7 Å². The van der Waals surface area contributed by atoms with E-state index in [0.29, 0.717) is 6.10 Å². The lowest BCUT2D eigenvalue weighted by Gasteiger charge is -2.16. The second-order valence-electron chi connectivity index (χ2n) is 4.19. The van der Waals surface area contributed by atoms with Crippen molar-refractivity contribution in [3.63, 3.8) is 0 Å². The molecule has 0 atom stereocenters. The van der Waals surface area contributed by atoms with E-state index in [9.17, 15) is 0 Å². The maximum absolute atomic E-state index is 5.99. The smallest absolute Gasteiger partial charge is 0.120 e. The summed E-state index contributed by atoms with van der Waals surface area (Å²) in [6.45, 7) is 0. The van der Waals surface area contributed by atoms with E-state index in [2.05, 4.69) is 15.9 Å². The number of ether oxygens (including phenoxy) is 1. The molecule has 15 heavy (non-hydrogen) atoms. The molecule has 0 aromatic heterocycles. The summed E-state index contributed by atoms with van der Waals surface area (Å²) in [5, 5.41) is 0. The van der Waals surface area contributed by atoms with Gasteiger partial charge >= 0.3 is 0 Å². The van der Waals surface area contributed by atoms with Gasteiger partial charge < -0.3 is 4.74 Å². The molecule has 0 saturated heterocycles. The largest absolute Gasteiger partial charge is 0.490 e. The minimum atomic E-state index is 0.432. The van der Waals surface area contributed by atoms with E-state index >= 15 is 0 Å². The van der Waals surface area contributed by atoms with Crippen LogP contribution in [0.25, 0.3) is 0 Å². The third kappa shape index (κ3) is 3.53. The zero-order chi connectivity index (χ0) is 10.5. The molecule has 82 valence electrons. The van der Waals surface area contributed by atoms with E-state index < -0.39 is 0 Å². The summed E-state index contributed by atoms with van der Waals surface area (Å²) >= 11 is 3.46. The van der Waals surface area contributed by atoms with Crippen molar-refractivity contribution in [3.8, 4) is 5.75 Å². The molecule has 2 heteroatoms. The zero-order valence-corrected chi connectivity index (χ0v) is 10.5. The summed E-state index contributed by atoms with van der Waals surface area (Å²) in [6, 6.07) is 8.14. The SMILES string of the molecule is Brc1cccc(OC2CCCCCC2)c1. The summed E-state index contributed by atoms with van der Waals surface area (Å²) in [7, 11) is 0. The molecule has 2 rings (SSSR count). The lowest BCUT2D eigenvalue weighted by Crippen LogP contribution is -2.14. The van der Waals surface area contributed by atoms with E-state index in [-0.39, 0.29) is 0 Å². The molecule has 0 radical (unpaired) electrons. The highest BCUT2D eigenvalue weighted by atomic mass is 79.9. The molecule has 0 bridgehead atoms. The lowest BCUT2D eigenvalue weighted by atomic mass is 10.1. The summed E-state index contributed by atoms with van der Waals surface area (Å²) in [5.74, 6) is 0.997. The van der Waals surface area contributed by atoms with E-state index in [4.69, 9.17) is 4.74 Å². The van der Waals surface area contributed by atoms with Crippen LogP contribution in [0, 0.1) is 0 Å². The van der Waals surface area contributed by atoms with Gasteiger partial charge in [-0.3, -0.25) is 0 Å². The van der Waals surface area contributed by atoms with Crippen molar-refractivity contribution in [2.75, 3.05) is 0 Å². The normalized spacial score (nSPS) is 18.5. The average molecular weight is 269 g/mol. The van der Waals surface area contributed by atoms with Crippen LogP contribution in [0.5, 0.6) is 5.75 Å². The predicted octanol–water partition coefficient (Wildman–Crippen LogP) is 4.55. The molecule has 0 unspecified atom stereocenters. The Morgan fingerprint density at radius 2 is 1.80 bits per heavy atom. The summed E-state index contributed by atoms with van der Waals surface area (Å²) < 4.78 is 7.08. The van der Waals surface area contributed by atoms with E-state index in [1.165, 1.54) is 38.5 Å². The van der Waals surface area contributed by atoms with Crippen LogP contribution < -0.4 is 4.74 Å². The zero-order valence-electron chi connectivity index (χ0n) is 8.92. The van der Waals surface area contributed by atoms with Gasteiger partial charge in [-0.05, 0) is 43.9 Å². The number of rotatable bonds is 2. The summed E-state index contributed by atoms with van der Waals surface area (Å²) in [6.07, 6.45) is 8.24. The molecule has 1 fully saturated rings. The fourth-order valence-electron chi connectivity index (χ4n) is 2.09. The van der Waals surface area contributed by atoms with Gasteiger partial charge in [0.25, 0.3) is 0 Å². The Morgan fingerprint density at radius 3 is 2.47 bits per heavy atom. The maximum Gasteiger partial charge on any atom is 0.120 e. The Morgan fingerprint density at radius 1 is 1.07 bits per heavy atom. The minimum Gasteiger partial charge on any atom is -0.490 e. The molecule has 1 aliphatic rings. The van der Waals surface area contributed by atoms with Gasteiger partial charge in [0, 0.05) is 4.47 Å². The molecular weight excluding hydrogens is 252 g/mol. The fourth-order valence-corrected chi connectivity index (χ4v) is 2.47. The number of hydrogen-bond acceptors (Lipinski definition) is 1. The van der Waals surface area contributed by atoms with E-state index in [1.54, 1.807) is 0 Å². The molecule has 1 aromatic rings. The first-order valence-electron chi connectivity index (χ1n) is 5.77. The van der Waals surface area contributed by atoms with Crippen LogP contribution in [0.4, 0.5) is 0 Å². The molecule has 1 saturated carbocycles. The highest BCUT2D eigenvalue weighted by Gasteiger charge is 2.13. The molecule has 0 amide bonds. The predicted molar refractivity (Wildman–Crippen MR) is 66.3 cm³/mol. The third-order valence-electron chi connectivity index (χ3n) is 2.90. The van der Waals surface area contributed by atoms with Crippen LogP contribution in [0.1, 0.15) is 38.5 Å². The Kier molecular flexibility index (Phi) is 4.07. The molecule has 1 nitrogen and oxygen atoms in total. The van der Waals surface area contributed by atoms with E-state index in [0.717, 1.165) is 10.2 Å². The quantitative estimate of drug-likeness (QED) is 0.715. The van der Waals surface area contributed by atoms with Crippen LogP contribution >= 0.6 is 15.9 Å². The van der Waals surface area contributed by atoms with Crippen molar-refractivity contribution in [2.24, 2.45) is 0 Å². The lowest BCUT2D eigenvalue weighted by molar-refractivity contribution is 0.183. The van der Waals surface area contributed by atoms with Crippen LogP contribution in [-0.2, 0) is 0 Å². The van der Waals surface area contributed by atoms with Gasteiger partial charge in [0.2, 0.25) is 0 Å². The van der Waals surface area contributed by atoms with E-state index in [1.807, 2.05) is 24.3 Å². The Bertz CT molecular complexity index is 303. The van der Waals surface area contributed by atoms with Crippen molar-refractivity contribution < 1.29 is 4.74 Å². The summed E-state index contributed by atoms with van der Waals surface area (Å²) in [5.41, 5.74) is 0. The minimum absolute atomic E-state index is 0.432. The average Bonchev–Trinajstić information content (AvgIpc) is 2.46. The number of hydrogen-bond donors (Lipinski definition) is 0. The van der Waals surface area contributed by atoms with Crippen LogP contribution in [-0.4, -0.2) is 6.10 Å². The van der Waals surface area contributed by atoms with Gasteiger partial charge in [-0.1, -0.05) is 34.8 Å². The third-order valence-corrected chi connectivity index (χ3v) is 3.39. The molecule has 0 heterocycles. The van der Waals surface area contributed by atoms with Crippen LogP contribution in [0.2, 0.25) is 0 Å². The monoisotopic (exact) mass is 268 g/mol.